The molecule has 1 heterocycles. The second kappa shape index (κ2) is 5.52. The Morgan fingerprint density at radius 1 is 1.16 bits per heavy atom. The van der Waals surface area contributed by atoms with Crippen LogP contribution in [0, 0.1) is 13.8 Å². The number of rotatable bonds is 3. The minimum Gasteiger partial charge on any atom is -0.348 e. The lowest BCUT2D eigenvalue weighted by molar-refractivity contribution is 0.0950. The zero-order valence-electron chi connectivity index (χ0n) is 11.0. The van der Waals surface area contributed by atoms with Gasteiger partial charge in [0, 0.05) is 23.9 Å². The second-order valence-electron chi connectivity index (χ2n) is 4.58. The summed E-state index contributed by atoms with van der Waals surface area (Å²) in [5.41, 5.74) is 3.00. The van der Waals surface area contributed by atoms with Gasteiger partial charge in [0.15, 0.2) is 0 Å². The molecule has 0 radical (unpaired) electrons. The third-order valence-corrected chi connectivity index (χ3v) is 2.81. The molecule has 1 aromatic carbocycles. The highest BCUT2D eigenvalue weighted by molar-refractivity contribution is 5.94. The van der Waals surface area contributed by atoms with E-state index in [1.54, 1.807) is 13.0 Å². The number of carbonyl (C=O) groups is 1. The summed E-state index contributed by atoms with van der Waals surface area (Å²) in [5.74, 6) is -0.241. The number of hydrogen-bond donors (Lipinski definition) is 2. The minimum atomic E-state index is -0.263. The molecule has 2 aromatic rings. The van der Waals surface area contributed by atoms with Crippen LogP contribution in [0.3, 0.4) is 0 Å². The number of pyridine rings is 1. The Labute approximate surface area is 111 Å². The molecule has 2 N–H and O–H groups in total. The summed E-state index contributed by atoms with van der Waals surface area (Å²) in [6, 6.07) is 10.9. The molecule has 0 atom stereocenters. The number of hydrogen-bond acceptors (Lipinski definition) is 2. The van der Waals surface area contributed by atoms with Gasteiger partial charge in [-0.2, -0.15) is 0 Å². The van der Waals surface area contributed by atoms with Crippen LogP contribution in [0.2, 0.25) is 0 Å². The fourth-order valence-corrected chi connectivity index (χ4v) is 1.80. The first-order valence-corrected chi connectivity index (χ1v) is 6.09. The highest BCUT2D eigenvalue weighted by Gasteiger charge is 2.06. The zero-order valence-corrected chi connectivity index (χ0v) is 11.0. The molecule has 1 amide bonds. The molecule has 19 heavy (non-hydrogen) atoms. The van der Waals surface area contributed by atoms with Crippen LogP contribution < -0.4 is 10.9 Å². The van der Waals surface area contributed by atoms with Gasteiger partial charge < -0.3 is 10.3 Å². The summed E-state index contributed by atoms with van der Waals surface area (Å²) in [5, 5.41) is 2.80. The van der Waals surface area contributed by atoms with Crippen LogP contribution in [-0.4, -0.2) is 10.9 Å². The van der Waals surface area contributed by atoms with Crippen molar-refractivity contribution in [3.05, 3.63) is 69.1 Å². The number of carbonyl (C=O) groups excluding carboxylic acids is 1. The van der Waals surface area contributed by atoms with Gasteiger partial charge in [0.2, 0.25) is 5.56 Å². The van der Waals surface area contributed by atoms with Crippen molar-refractivity contribution in [1.82, 2.24) is 10.3 Å². The Bertz CT molecular complexity index is 642. The van der Waals surface area contributed by atoms with Crippen LogP contribution in [-0.2, 0) is 6.54 Å². The van der Waals surface area contributed by atoms with Gasteiger partial charge in [-0.05, 0) is 25.5 Å². The zero-order chi connectivity index (χ0) is 13.8. The van der Waals surface area contributed by atoms with E-state index in [0.29, 0.717) is 17.8 Å². The van der Waals surface area contributed by atoms with Crippen LogP contribution in [0.4, 0.5) is 0 Å². The monoisotopic (exact) mass is 256 g/mol. The van der Waals surface area contributed by atoms with Gasteiger partial charge in [-0.15, -0.1) is 0 Å². The average molecular weight is 256 g/mol. The Hall–Kier alpha value is -2.36. The summed E-state index contributed by atoms with van der Waals surface area (Å²) >= 11 is 0. The highest BCUT2D eigenvalue weighted by atomic mass is 16.2. The van der Waals surface area contributed by atoms with E-state index >= 15 is 0 Å². The predicted octanol–water partition coefficient (Wildman–Crippen LogP) is 1.92. The molecule has 0 saturated carbocycles. The van der Waals surface area contributed by atoms with Crippen molar-refractivity contribution in [2.24, 2.45) is 0 Å². The molecule has 0 aliphatic heterocycles. The van der Waals surface area contributed by atoms with Crippen molar-refractivity contribution in [3.63, 3.8) is 0 Å². The molecule has 0 bridgehead atoms. The van der Waals surface area contributed by atoms with E-state index in [-0.39, 0.29) is 11.5 Å². The topological polar surface area (TPSA) is 62.0 Å². The summed E-state index contributed by atoms with van der Waals surface area (Å²) in [6.45, 7) is 4.21. The van der Waals surface area contributed by atoms with E-state index in [2.05, 4.69) is 10.3 Å². The standard InChI is InChI=1S/C15H16N2O2/c1-10-3-5-12(6-4-10)9-16-15(19)13-7-11(2)17-14(18)8-13/h3-8H,9H2,1-2H3,(H,16,19)(H,17,18). The first kappa shape index (κ1) is 13.1. The number of aromatic nitrogens is 1. The van der Waals surface area contributed by atoms with Gasteiger partial charge in [-0.3, -0.25) is 9.59 Å². The maximum Gasteiger partial charge on any atom is 0.251 e. The lowest BCUT2D eigenvalue weighted by Crippen LogP contribution is -2.24. The average Bonchev–Trinajstić information content (AvgIpc) is 2.36. The molecule has 4 nitrogen and oxygen atoms in total. The highest BCUT2D eigenvalue weighted by Crippen LogP contribution is 2.03. The summed E-state index contributed by atoms with van der Waals surface area (Å²) in [7, 11) is 0. The van der Waals surface area contributed by atoms with E-state index in [9.17, 15) is 9.59 Å². The Morgan fingerprint density at radius 3 is 2.47 bits per heavy atom. The van der Waals surface area contributed by atoms with Gasteiger partial charge >= 0.3 is 0 Å². The van der Waals surface area contributed by atoms with E-state index in [4.69, 9.17) is 0 Å². The van der Waals surface area contributed by atoms with Gasteiger partial charge in [0.05, 0.1) is 0 Å². The lowest BCUT2D eigenvalue weighted by atomic mass is 10.1. The Kier molecular flexibility index (Phi) is 3.80. The Balaban J connectivity index is 2.05. The maximum absolute atomic E-state index is 11.9. The van der Waals surface area contributed by atoms with Crippen molar-refractivity contribution in [2.75, 3.05) is 0 Å². The molecule has 4 heteroatoms. The van der Waals surface area contributed by atoms with Gasteiger partial charge in [-0.25, -0.2) is 0 Å². The van der Waals surface area contributed by atoms with Gasteiger partial charge in [0.25, 0.3) is 5.91 Å². The molecule has 2 rings (SSSR count). The number of benzene rings is 1. The number of aryl methyl sites for hydroxylation is 2. The van der Waals surface area contributed by atoms with Crippen molar-refractivity contribution in [2.45, 2.75) is 20.4 Å². The predicted molar refractivity (Wildman–Crippen MR) is 74.1 cm³/mol. The number of aromatic amines is 1. The first-order chi connectivity index (χ1) is 9.04. The molecule has 1 aromatic heterocycles. The molecule has 0 aliphatic rings. The second-order valence-corrected chi connectivity index (χ2v) is 4.58. The molecular formula is C15H16N2O2. The van der Waals surface area contributed by atoms with Crippen LogP contribution in [0.15, 0.2) is 41.2 Å². The number of H-pyrrole nitrogens is 1. The number of nitrogens with one attached hydrogen (secondary N) is 2. The van der Waals surface area contributed by atoms with E-state index in [1.165, 1.54) is 11.6 Å². The summed E-state index contributed by atoms with van der Waals surface area (Å²) < 4.78 is 0. The molecule has 0 unspecified atom stereocenters. The smallest absolute Gasteiger partial charge is 0.251 e. The van der Waals surface area contributed by atoms with Crippen molar-refractivity contribution in [3.8, 4) is 0 Å². The van der Waals surface area contributed by atoms with Crippen LogP contribution >= 0.6 is 0 Å². The molecular weight excluding hydrogens is 240 g/mol. The van der Waals surface area contributed by atoms with Crippen LogP contribution in [0.25, 0.3) is 0 Å². The number of amides is 1. The van der Waals surface area contributed by atoms with E-state index in [0.717, 1.165) is 5.56 Å². The molecule has 0 fully saturated rings. The van der Waals surface area contributed by atoms with Crippen molar-refractivity contribution < 1.29 is 4.79 Å². The maximum atomic E-state index is 11.9. The van der Waals surface area contributed by atoms with Crippen molar-refractivity contribution in [1.29, 1.82) is 0 Å². The van der Waals surface area contributed by atoms with E-state index < -0.39 is 0 Å². The fraction of sp³-hybridized carbons (Fsp3) is 0.200. The summed E-state index contributed by atoms with van der Waals surface area (Å²) in [6.07, 6.45) is 0. The first-order valence-electron chi connectivity index (χ1n) is 6.09. The van der Waals surface area contributed by atoms with Crippen LogP contribution in [0.1, 0.15) is 27.2 Å². The summed E-state index contributed by atoms with van der Waals surface area (Å²) in [4.78, 5) is 25.8. The molecule has 0 spiro atoms. The molecule has 0 saturated heterocycles. The third kappa shape index (κ3) is 3.55. The molecule has 0 aliphatic carbocycles. The lowest BCUT2D eigenvalue weighted by Gasteiger charge is -2.06. The van der Waals surface area contributed by atoms with Crippen LogP contribution in [0.5, 0.6) is 0 Å². The fourth-order valence-electron chi connectivity index (χ4n) is 1.80. The third-order valence-electron chi connectivity index (χ3n) is 2.81. The van der Waals surface area contributed by atoms with Crippen molar-refractivity contribution >= 4 is 5.91 Å². The SMILES string of the molecule is Cc1ccc(CNC(=O)c2cc(C)[nH]c(=O)c2)cc1. The van der Waals surface area contributed by atoms with Gasteiger partial charge in [0.1, 0.15) is 0 Å². The van der Waals surface area contributed by atoms with E-state index in [1.807, 2.05) is 31.2 Å². The largest absolute Gasteiger partial charge is 0.348 e. The van der Waals surface area contributed by atoms with Gasteiger partial charge in [-0.1, -0.05) is 29.8 Å². The minimum absolute atomic E-state index is 0.241. The Morgan fingerprint density at radius 2 is 1.84 bits per heavy atom. The quantitative estimate of drug-likeness (QED) is 0.881. The molecule has 98 valence electrons. The normalized spacial score (nSPS) is 10.2.